The van der Waals surface area contributed by atoms with Crippen LogP contribution in [0.3, 0.4) is 0 Å². The number of rotatable bonds is 13. The number of alkyl carbamates (subject to hydrolysis) is 1. The maximum atomic E-state index is 13.2. The van der Waals surface area contributed by atoms with Gasteiger partial charge in [0.05, 0.1) is 21.5 Å². The molecule has 0 unspecified atom stereocenters. The van der Waals surface area contributed by atoms with Gasteiger partial charge in [0.15, 0.2) is 0 Å². The monoisotopic (exact) mass is 732 g/mol. The fourth-order valence-electron chi connectivity index (χ4n) is 5.52. The van der Waals surface area contributed by atoms with Gasteiger partial charge in [-0.05, 0) is 101 Å². The molecule has 4 N–H and O–H groups in total. The molecular weight excluding hydrogens is 690 g/mol. The number of para-hydroxylation sites is 1. The first-order valence-electron chi connectivity index (χ1n) is 16.3. The predicted molar refractivity (Wildman–Crippen MR) is 177 cm³/mol. The highest BCUT2D eigenvalue weighted by molar-refractivity contribution is 7.89. The van der Waals surface area contributed by atoms with Crippen LogP contribution >= 0.6 is 0 Å². The van der Waals surface area contributed by atoms with E-state index < -0.39 is 50.1 Å². The number of nitrogens with one attached hydrogen (secondary N) is 4. The lowest BCUT2D eigenvalue weighted by Crippen LogP contribution is -2.33. The average Bonchev–Trinajstić information content (AvgIpc) is 3.03. The molecule has 10 nitrogen and oxygen atoms in total. The molecule has 0 spiro atoms. The molecule has 1 amide bonds. The second kappa shape index (κ2) is 16.0. The summed E-state index contributed by atoms with van der Waals surface area (Å²) < 4.78 is 112. The third kappa shape index (κ3) is 11.6. The Morgan fingerprint density at radius 3 is 2.00 bits per heavy atom. The lowest BCUT2D eigenvalue weighted by atomic mass is 9.82. The average molecular weight is 733 g/mol. The summed E-state index contributed by atoms with van der Waals surface area (Å²) in [6, 6.07) is 7.89. The number of hydrogen-bond acceptors (Lipinski definition) is 8. The third-order valence-corrected chi connectivity index (χ3v) is 9.52. The van der Waals surface area contributed by atoms with Crippen LogP contribution in [0.2, 0.25) is 0 Å². The van der Waals surface area contributed by atoms with Gasteiger partial charge in [0, 0.05) is 31.6 Å². The van der Waals surface area contributed by atoms with Crippen LogP contribution in [0.1, 0.15) is 70.4 Å². The molecule has 0 saturated heterocycles. The summed E-state index contributed by atoms with van der Waals surface area (Å²) in [7, 11) is -4.63. The second-order valence-corrected chi connectivity index (χ2v) is 15.1. The van der Waals surface area contributed by atoms with E-state index in [1.165, 1.54) is 0 Å². The number of benzene rings is 2. The topological polar surface area (TPSA) is 134 Å². The van der Waals surface area contributed by atoms with Crippen LogP contribution in [0.25, 0.3) is 10.9 Å². The Bertz CT molecular complexity index is 1690. The van der Waals surface area contributed by atoms with Gasteiger partial charge in [-0.15, -0.1) is 0 Å². The van der Waals surface area contributed by atoms with Gasteiger partial charge in [-0.2, -0.15) is 31.3 Å². The quantitative estimate of drug-likeness (QED) is 0.104. The number of fused-ring (bicyclic) bond motifs is 1. The van der Waals surface area contributed by atoms with E-state index in [0.717, 1.165) is 36.6 Å². The molecular formula is C33H42F6N6O4S. The van der Waals surface area contributed by atoms with Crippen molar-refractivity contribution >= 4 is 38.8 Å². The van der Waals surface area contributed by atoms with Gasteiger partial charge in [-0.1, -0.05) is 12.1 Å². The minimum Gasteiger partial charge on any atom is -0.444 e. The van der Waals surface area contributed by atoms with Crippen molar-refractivity contribution in [3.05, 3.63) is 53.6 Å². The van der Waals surface area contributed by atoms with Crippen LogP contribution in [0.4, 0.5) is 42.9 Å². The van der Waals surface area contributed by atoms with Crippen molar-refractivity contribution in [1.82, 2.24) is 20.0 Å². The smallest absolute Gasteiger partial charge is 0.416 e. The first-order valence-corrected chi connectivity index (χ1v) is 17.8. The molecule has 50 heavy (non-hydrogen) atoms. The van der Waals surface area contributed by atoms with Crippen LogP contribution in [0.5, 0.6) is 0 Å². The van der Waals surface area contributed by atoms with Crippen molar-refractivity contribution in [3.8, 4) is 0 Å². The fraction of sp³-hybridized carbons (Fsp3) is 0.545. The number of hydrogen-bond donors (Lipinski definition) is 4. The van der Waals surface area contributed by atoms with Gasteiger partial charge >= 0.3 is 18.4 Å². The van der Waals surface area contributed by atoms with Crippen molar-refractivity contribution in [1.29, 1.82) is 0 Å². The Kier molecular flexibility index (Phi) is 12.5. The van der Waals surface area contributed by atoms with Crippen LogP contribution in [0.15, 0.2) is 47.4 Å². The number of aromatic nitrogens is 2. The highest BCUT2D eigenvalue weighted by Gasteiger charge is 2.38. The minimum atomic E-state index is -5.16. The number of nitrogens with zero attached hydrogens (tertiary/aromatic N) is 2. The lowest BCUT2D eigenvalue weighted by molar-refractivity contribution is -0.143. The summed E-state index contributed by atoms with van der Waals surface area (Å²) in [6.07, 6.45) is -6.61. The molecule has 0 bridgehead atoms. The van der Waals surface area contributed by atoms with Crippen LogP contribution in [-0.2, 0) is 27.1 Å². The van der Waals surface area contributed by atoms with Crippen molar-refractivity contribution in [2.24, 2.45) is 11.8 Å². The number of carbonyl (C=O) groups is 1. The molecule has 17 heteroatoms. The number of carbonyl (C=O) groups excluding carboxylic acids is 1. The highest BCUT2D eigenvalue weighted by atomic mass is 32.2. The molecule has 0 aliphatic heterocycles. The van der Waals surface area contributed by atoms with E-state index in [1.54, 1.807) is 20.8 Å². The molecule has 1 saturated carbocycles. The molecule has 1 aliphatic rings. The minimum absolute atomic E-state index is 0.106. The first kappa shape index (κ1) is 38.9. The largest absolute Gasteiger partial charge is 0.444 e. The highest BCUT2D eigenvalue weighted by Crippen LogP contribution is 2.37. The van der Waals surface area contributed by atoms with Gasteiger partial charge in [-0.25, -0.2) is 22.9 Å². The van der Waals surface area contributed by atoms with E-state index in [2.05, 4.69) is 30.6 Å². The third-order valence-electron chi connectivity index (χ3n) is 8.12. The number of ether oxygens (including phenoxy) is 1. The normalized spacial score (nSPS) is 17.4. The van der Waals surface area contributed by atoms with E-state index in [0.29, 0.717) is 44.2 Å². The summed E-state index contributed by atoms with van der Waals surface area (Å²) in [5.74, 6) is 1.18. The molecule has 1 heterocycles. The van der Waals surface area contributed by atoms with Gasteiger partial charge in [0.1, 0.15) is 11.4 Å². The van der Waals surface area contributed by atoms with E-state index in [-0.39, 0.29) is 36.6 Å². The number of sulfonamides is 1. The SMILES string of the molecule is CC(C)(C)OC(=O)NCCCCNc1nc(NC[C@H]2CC[C@H](CNS(=O)(=O)c3cc(C(F)(F)F)cc(C(F)(F)F)c3)CC2)nc2ccccc12. The number of alkyl halides is 6. The maximum absolute atomic E-state index is 13.2. The van der Waals surface area contributed by atoms with E-state index >= 15 is 0 Å². The first-order chi connectivity index (χ1) is 23.3. The van der Waals surface area contributed by atoms with Gasteiger partial charge in [-0.3, -0.25) is 0 Å². The molecule has 0 atom stereocenters. The molecule has 3 aromatic rings. The summed E-state index contributed by atoms with van der Waals surface area (Å²) in [5, 5.41) is 10.2. The van der Waals surface area contributed by atoms with Crippen molar-refractivity contribution in [3.63, 3.8) is 0 Å². The number of halogens is 6. The molecule has 4 rings (SSSR count). The van der Waals surface area contributed by atoms with E-state index in [9.17, 15) is 39.6 Å². The summed E-state index contributed by atoms with van der Waals surface area (Å²) in [5.41, 5.74) is -3.20. The van der Waals surface area contributed by atoms with Gasteiger partial charge in [0.2, 0.25) is 16.0 Å². The Balaban J connectivity index is 1.26. The standard InChI is InChI=1S/C33H42F6N6O4S/c1-31(2,3)49-30(46)41-15-7-6-14-40-28-26-8-4-5-9-27(26)44-29(45-28)42-19-21-10-12-22(13-11-21)20-43-50(47,48)25-17-23(32(34,35)36)16-24(18-25)33(37,38)39/h4-5,8-9,16-18,21-22,43H,6-7,10-15,19-20H2,1-3H3,(H,41,46)(H2,40,42,44,45)/t21-,22-. The molecule has 0 radical (unpaired) electrons. The number of anilines is 2. The van der Waals surface area contributed by atoms with Crippen molar-refractivity contribution in [2.75, 3.05) is 36.8 Å². The molecule has 2 aromatic carbocycles. The zero-order valence-corrected chi connectivity index (χ0v) is 28.8. The van der Waals surface area contributed by atoms with Crippen molar-refractivity contribution in [2.45, 2.75) is 82.1 Å². The second-order valence-electron chi connectivity index (χ2n) is 13.3. The number of unbranched alkanes of at least 4 members (excludes halogenated alkanes) is 1. The predicted octanol–water partition coefficient (Wildman–Crippen LogP) is 7.58. The Labute approximate surface area is 287 Å². The fourth-order valence-corrected chi connectivity index (χ4v) is 6.71. The molecule has 1 fully saturated rings. The van der Waals surface area contributed by atoms with E-state index in [1.807, 2.05) is 24.3 Å². The van der Waals surface area contributed by atoms with Gasteiger partial charge < -0.3 is 20.7 Å². The Morgan fingerprint density at radius 1 is 0.820 bits per heavy atom. The lowest BCUT2D eigenvalue weighted by Gasteiger charge is -2.28. The molecule has 1 aromatic heterocycles. The zero-order valence-electron chi connectivity index (χ0n) is 28.0. The zero-order chi connectivity index (χ0) is 36.7. The van der Waals surface area contributed by atoms with Crippen LogP contribution in [-0.4, -0.2) is 56.3 Å². The van der Waals surface area contributed by atoms with Crippen LogP contribution in [0, 0.1) is 11.8 Å². The summed E-state index contributed by atoms with van der Waals surface area (Å²) in [4.78, 5) is 20.0. The van der Waals surface area contributed by atoms with E-state index in [4.69, 9.17) is 4.74 Å². The van der Waals surface area contributed by atoms with Crippen LogP contribution < -0.4 is 20.7 Å². The molecule has 1 aliphatic carbocycles. The summed E-state index contributed by atoms with van der Waals surface area (Å²) in [6.45, 7) is 6.93. The summed E-state index contributed by atoms with van der Waals surface area (Å²) >= 11 is 0. The van der Waals surface area contributed by atoms with Gasteiger partial charge in [0.25, 0.3) is 0 Å². The Hall–Kier alpha value is -3.86. The number of amides is 1. The van der Waals surface area contributed by atoms with Crippen molar-refractivity contribution < 1.29 is 44.3 Å². The molecule has 276 valence electrons. The Morgan fingerprint density at radius 2 is 1.40 bits per heavy atom. The maximum Gasteiger partial charge on any atom is 0.416 e.